The van der Waals surface area contributed by atoms with Gasteiger partial charge in [-0.05, 0) is 24.6 Å². The first-order valence-electron chi connectivity index (χ1n) is 8.60. The topological polar surface area (TPSA) is 111 Å². The van der Waals surface area contributed by atoms with Crippen LogP contribution in [0.4, 0.5) is 5.82 Å². The summed E-state index contributed by atoms with van der Waals surface area (Å²) in [7, 11) is -3.93. The molecule has 0 spiro atoms. The summed E-state index contributed by atoms with van der Waals surface area (Å²) in [5.41, 5.74) is 7.98. The van der Waals surface area contributed by atoms with Gasteiger partial charge in [-0.25, -0.2) is 13.5 Å². The molecule has 142 valence electrons. The van der Waals surface area contributed by atoms with E-state index in [1.807, 2.05) is 31.2 Å². The maximum absolute atomic E-state index is 13.3. The fourth-order valence-electron chi connectivity index (χ4n) is 3.25. The molecule has 2 heterocycles. The van der Waals surface area contributed by atoms with Crippen LogP contribution in [0, 0.1) is 6.92 Å². The van der Waals surface area contributed by atoms with Crippen molar-refractivity contribution in [2.24, 2.45) is 0 Å². The van der Waals surface area contributed by atoms with Crippen LogP contribution < -0.4 is 11.3 Å². The fourth-order valence-corrected chi connectivity index (χ4v) is 4.82. The van der Waals surface area contributed by atoms with Gasteiger partial charge in [0, 0.05) is 11.9 Å². The number of nitrogens with one attached hydrogen (secondary N) is 1. The molecule has 3 N–H and O–H groups in total. The fraction of sp³-hybridized carbons (Fsp3) is 0.100. The third kappa shape index (κ3) is 2.87. The van der Waals surface area contributed by atoms with Gasteiger partial charge < -0.3 is 10.3 Å². The van der Waals surface area contributed by atoms with E-state index in [9.17, 15) is 13.2 Å². The van der Waals surface area contributed by atoms with Crippen molar-refractivity contribution in [3.05, 3.63) is 82.3 Å². The summed E-state index contributed by atoms with van der Waals surface area (Å²) < 4.78 is 28.0. The summed E-state index contributed by atoms with van der Waals surface area (Å²) in [5.74, 6) is 0.0120. The Bertz CT molecular complexity index is 1320. The zero-order chi connectivity index (χ0) is 19.9. The van der Waals surface area contributed by atoms with Crippen LogP contribution in [0.25, 0.3) is 10.9 Å². The predicted molar refractivity (Wildman–Crippen MR) is 107 cm³/mol. The molecule has 0 unspecified atom stereocenters. The molecule has 7 nitrogen and oxygen atoms in total. The van der Waals surface area contributed by atoms with Crippen LogP contribution in [-0.2, 0) is 16.4 Å². The lowest BCUT2D eigenvalue weighted by atomic mass is 10.1. The van der Waals surface area contributed by atoms with E-state index in [1.165, 1.54) is 22.9 Å². The summed E-state index contributed by atoms with van der Waals surface area (Å²) in [6.45, 7) is 2.24. The van der Waals surface area contributed by atoms with Crippen molar-refractivity contribution in [2.45, 2.75) is 23.3 Å². The Morgan fingerprint density at radius 2 is 1.75 bits per heavy atom. The number of aromatic nitrogens is 3. The van der Waals surface area contributed by atoms with Gasteiger partial charge in [0.15, 0.2) is 0 Å². The molecule has 4 rings (SSSR count). The molecule has 28 heavy (non-hydrogen) atoms. The lowest BCUT2D eigenvalue weighted by Crippen LogP contribution is -2.14. The molecular formula is C20H18N4O3S. The molecule has 0 aliphatic carbocycles. The third-order valence-electron chi connectivity index (χ3n) is 4.65. The lowest BCUT2D eigenvalue weighted by molar-refractivity contribution is 0.597. The molecule has 8 heteroatoms. The van der Waals surface area contributed by atoms with Gasteiger partial charge in [0.05, 0.1) is 11.1 Å². The van der Waals surface area contributed by atoms with Gasteiger partial charge in [0.1, 0.15) is 16.2 Å². The van der Waals surface area contributed by atoms with Gasteiger partial charge in [-0.1, -0.05) is 48.0 Å². The minimum atomic E-state index is -3.93. The molecule has 0 bridgehead atoms. The van der Waals surface area contributed by atoms with Crippen LogP contribution in [0.15, 0.2) is 75.4 Å². The van der Waals surface area contributed by atoms with E-state index in [1.54, 1.807) is 18.2 Å². The zero-order valence-corrected chi connectivity index (χ0v) is 15.9. The molecule has 0 atom stereocenters. The van der Waals surface area contributed by atoms with E-state index < -0.39 is 15.4 Å². The van der Waals surface area contributed by atoms with Crippen LogP contribution in [0.2, 0.25) is 0 Å². The zero-order valence-electron chi connectivity index (χ0n) is 15.1. The van der Waals surface area contributed by atoms with E-state index in [-0.39, 0.29) is 33.1 Å². The van der Waals surface area contributed by atoms with Crippen LogP contribution in [0.5, 0.6) is 0 Å². The first kappa shape index (κ1) is 18.0. The maximum atomic E-state index is 13.3. The van der Waals surface area contributed by atoms with E-state index in [0.717, 1.165) is 11.1 Å². The van der Waals surface area contributed by atoms with Gasteiger partial charge in [-0.3, -0.25) is 4.79 Å². The largest absolute Gasteiger partial charge is 0.384 e. The van der Waals surface area contributed by atoms with Gasteiger partial charge in [0.25, 0.3) is 5.56 Å². The molecule has 2 aromatic carbocycles. The molecule has 0 saturated heterocycles. The van der Waals surface area contributed by atoms with Crippen molar-refractivity contribution in [1.82, 2.24) is 14.8 Å². The number of anilines is 1. The Morgan fingerprint density at radius 1 is 1.07 bits per heavy atom. The monoisotopic (exact) mass is 394 g/mol. The van der Waals surface area contributed by atoms with Gasteiger partial charge in [-0.15, -0.1) is 0 Å². The quantitative estimate of drug-likeness (QED) is 0.552. The predicted octanol–water partition coefficient (Wildman–Crippen LogP) is 2.50. The molecule has 0 amide bonds. The maximum Gasteiger partial charge on any atom is 0.288 e. The van der Waals surface area contributed by atoms with Gasteiger partial charge >= 0.3 is 0 Å². The van der Waals surface area contributed by atoms with E-state index in [2.05, 4.69) is 10.2 Å². The Morgan fingerprint density at radius 3 is 2.43 bits per heavy atom. The van der Waals surface area contributed by atoms with Gasteiger partial charge in [-0.2, -0.15) is 5.10 Å². The van der Waals surface area contributed by atoms with Crippen LogP contribution in [0.1, 0.15) is 11.1 Å². The van der Waals surface area contributed by atoms with Gasteiger partial charge in [0.2, 0.25) is 9.84 Å². The highest BCUT2D eigenvalue weighted by Crippen LogP contribution is 2.34. The SMILES string of the molecule is Cc1ccc(Cn2c(N)c(S(=O)(=O)c3ccccc3)c3cn[nH]c(=O)c32)cc1. The highest BCUT2D eigenvalue weighted by Gasteiger charge is 2.29. The summed E-state index contributed by atoms with van der Waals surface area (Å²) in [4.78, 5) is 12.5. The molecule has 0 fully saturated rings. The second-order valence-corrected chi connectivity index (χ2v) is 8.45. The average molecular weight is 394 g/mol. The second kappa shape index (κ2) is 6.65. The third-order valence-corrected chi connectivity index (χ3v) is 6.51. The number of rotatable bonds is 4. The van der Waals surface area contributed by atoms with Crippen LogP contribution >= 0.6 is 0 Å². The minimum Gasteiger partial charge on any atom is -0.384 e. The number of hydrogen-bond donors (Lipinski definition) is 2. The second-order valence-electron chi connectivity index (χ2n) is 6.56. The molecule has 0 aliphatic rings. The highest BCUT2D eigenvalue weighted by atomic mass is 32.2. The standard InChI is InChI=1S/C20H18N4O3S/c1-13-7-9-14(10-8-13)12-24-17-16(11-22-23-20(17)25)18(19(24)21)28(26,27)15-5-3-2-4-6-15/h2-11H,12,21H2,1H3,(H,23,25). The number of aryl methyl sites for hydroxylation is 1. The molecular weight excluding hydrogens is 376 g/mol. The average Bonchev–Trinajstić information content (AvgIpc) is 2.97. The molecule has 0 aliphatic heterocycles. The Kier molecular flexibility index (Phi) is 4.27. The summed E-state index contributed by atoms with van der Waals surface area (Å²) >= 11 is 0. The number of nitrogens with zero attached hydrogens (tertiary/aromatic N) is 2. The lowest BCUT2D eigenvalue weighted by Gasteiger charge is -2.09. The summed E-state index contributed by atoms with van der Waals surface area (Å²) in [6, 6.07) is 15.7. The van der Waals surface area contributed by atoms with Crippen molar-refractivity contribution in [3.63, 3.8) is 0 Å². The summed E-state index contributed by atoms with van der Waals surface area (Å²) in [5, 5.41) is 6.35. The van der Waals surface area contributed by atoms with Crippen molar-refractivity contribution in [1.29, 1.82) is 0 Å². The van der Waals surface area contributed by atoms with E-state index in [0.29, 0.717) is 0 Å². The van der Waals surface area contributed by atoms with Crippen molar-refractivity contribution >= 4 is 26.6 Å². The van der Waals surface area contributed by atoms with E-state index >= 15 is 0 Å². The Balaban J connectivity index is 1.99. The molecule has 4 aromatic rings. The van der Waals surface area contributed by atoms with E-state index in [4.69, 9.17) is 5.73 Å². The number of nitrogens with two attached hydrogens (primary N) is 1. The van der Waals surface area contributed by atoms with Crippen LogP contribution in [0.3, 0.4) is 0 Å². The number of aromatic amines is 1. The number of fused-ring (bicyclic) bond motifs is 1. The first-order chi connectivity index (χ1) is 13.4. The number of hydrogen-bond acceptors (Lipinski definition) is 5. The number of H-pyrrole nitrogens is 1. The number of nitrogen functional groups attached to an aromatic ring is 1. The highest BCUT2D eigenvalue weighted by molar-refractivity contribution is 7.92. The first-order valence-corrected chi connectivity index (χ1v) is 10.1. The number of benzene rings is 2. The van der Waals surface area contributed by atoms with Crippen molar-refractivity contribution in [3.8, 4) is 0 Å². The Hall–Kier alpha value is -3.39. The molecule has 0 saturated carbocycles. The van der Waals surface area contributed by atoms with Crippen molar-refractivity contribution in [2.75, 3.05) is 5.73 Å². The smallest absolute Gasteiger partial charge is 0.288 e. The minimum absolute atomic E-state index is 0.0120. The van der Waals surface area contributed by atoms with Crippen molar-refractivity contribution < 1.29 is 8.42 Å². The summed E-state index contributed by atoms with van der Waals surface area (Å²) in [6.07, 6.45) is 1.33. The Labute approximate surface area is 161 Å². The number of sulfone groups is 1. The molecule has 0 radical (unpaired) electrons. The van der Waals surface area contributed by atoms with Crippen LogP contribution in [-0.4, -0.2) is 23.2 Å². The normalized spacial score (nSPS) is 11.8. The molecule has 2 aromatic heterocycles.